The molecule has 4 heteroatoms. The van der Waals surface area contributed by atoms with Crippen molar-refractivity contribution in [3.63, 3.8) is 0 Å². The Kier molecular flexibility index (Phi) is 4.51. The lowest BCUT2D eigenvalue weighted by Gasteiger charge is -2.09. The minimum atomic E-state index is 0.873. The van der Waals surface area contributed by atoms with Crippen LogP contribution in [0.5, 0.6) is 0 Å². The third kappa shape index (κ3) is 3.16. The average molecular weight is 389 g/mol. The standard InChI is InChI=1S/C14H15Br2NS/c1-8-4-11(5-9(2)14(8)16)17-7-12-6-13(15)10(3)18-12/h4-6,17H,7H2,1-3H3. The quantitative estimate of drug-likeness (QED) is 0.699. The van der Waals surface area contributed by atoms with Crippen LogP contribution in [0.1, 0.15) is 20.9 Å². The van der Waals surface area contributed by atoms with Gasteiger partial charge >= 0.3 is 0 Å². The molecule has 0 amide bonds. The molecule has 1 aromatic carbocycles. The highest BCUT2D eigenvalue weighted by Gasteiger charge is 2.05. The van der Waals surface area contributed by atoms with E-state index in [1.807, 2.05) is 11.3 Å². The predicted octanol–water partition coefficient (Wildman–Crippen LogP) is 5.81. The summed E-state index contributed by atoms with van der Waals surface area (Å²) in [4.78, 5) is 2.67. The van der Waals surface area contributed by atoms with Gasteiger partial charge in [0.2, 0.25) is 0 Å². The van der Waals surface area contributed by atoms with Crippen LogP contribution >= 0.6 is 43.2 Å². The number of nitrogens with one attached hydrogen (secondary N) is 1. The maximum absolute atomic E-state index is 3.59. The van der Waals surface area contributed by atoms with E-state index in [1.54, 1.807) is 0 Å². The Balaban J connectivity index is 2.11. The molecular weight excluding hydrogens is 374 g/mol. The number of benzene rings is 1. The first-order chi connectivity index (χ1) is 8.47. The number of thiophene rings is 1. The van der Waals surface area contributed by atoms with Crippen LogP contribution in [0.25, 0.3) is 0 Å². The van der Waals surface area contributed by atoms with E-state index < -0.39 is 0 Å². The van der Waals surface area contributed by atoms with E-state index in [4.69, 9.17) is 0 Å². The molecule has 1 nitrogen and oxygen atoms in total. The first-order valence-electron chi connectivity index (χ1n) is 5.73. The summed E-state index contributed by atoms with van der Waals surface area (Å²) in [5.74, 6) is 0. The summed E-state index contributed by atoms with van der Waals surface area (Å²) in [7, 11) is 0. The molecule has 0 spiro atoms. The maximum atomic E-state index is 3.59. The number of hydrogen-bond donors (Lipinski definition) is 1. The van der Waals surface area contributed by atoms with E-state index in [1.165, 1.54) is 35.5 Å². The van der Waals surface area contributed by atoms with Crippen LogP contribution in [0.4, 0.5) is 5.69 Å². The molecule has 0 saturated heterocycles. The Hall–Kier alpha value is -0.320. The zero-order valence-corrected chi connectivity index (χ0v) is 14.6. The van der Waals surface area contributed by atoms with Gasteiger partial charge in [0.05, 0.1) is 0 Å². The van der Waals surface area contributed by atoms with Crippen molar-refractivity contribution in [3.05, 3.63) is 48.0 Å². The van der Waals surface area contributed by atoms with Gasteiger partial charge < -0.3 is 5.32 Å². The van der Waals surface area contributed by atoms with Gasteiger partial charge in [-0.3, -0.25) is 0 Å². The molecule has 18 heavy (non-hydrogen) atoms. The number of aryl methyl sites for hydroxylation is 3. The van der Waals surface area contributed by atoms with Crippen LogP contribution in [0, 0.1) is 20.8 Å². The van der Waals surface area contributed by atoms with Gasteiger partial charge in [-0.1, -0.05) is 15.9 Å². The molecule has 0 bridgehead atoms. The molecule has 0 aliphatic heterocycles. The Morgan fingerprint density at radius 2 is 1.67 bits per heavy atom. The molecule has 0 aliphatic rings. The minimum Gasteiger partial charge on any atom is -0.380 e. The van der Waals surface area contributed by atoms with E-state index in [0.29, 0.717) is 0 Å². The molecule has 0 radical (unpaired) electrons. The average Bonchev–Trinajstić information content (AvgIpc) is 2.63. The van der Waals surface area contributed by atoms with Gasteiger partial charge in [-0.2, -0.15) is 0 Å². The normalized spacial score (nSPS) is 10.7. The van der Waals surface area contributed by atoms with E-state index in [0.717, 1.165) is 6.54 Å². The van der Waals surface area contributed by atoms with Crippen molar-refractivity contribution in [3.8, 4) is 0 Å². The highest BCUT2D eigenvalue weighted by atomic mass is 79.9. The van der Waals surface area contributed by atoms with Gasteiger partial charge in [-0.15, -0.1) is 11.3 Å². The third-order valence-corrected chi connectivity index (χ3v) is 6.20. The van der Waals surface area contributed by atoms with Crippen molar-refractivity contribution in [1.82, 2.24) is 0 Å². The van der Waals surface area contributed by atoms with Crippen LogP contribution in [-0.2, 0) is 6.54 Å². The molecule has 2 aromatic rings. The SMILES string of the molecule is Cc1cc(NCc2cc(Br)c(C)s2)cc(C)c1Br. The lowest BCUT2D eigenvalue weighted by Crippen LogP contribution is -1.98. The topological polar surface area (TPSA) is 12.0 Å². The van der Waals surface area contributed by atoms with Crippen LogP contribution < -0.4 is 5.32 Å². The van der Waals surface area contributed by atoms with E-state index in [9.17, 15) is 0 Å². The van der Waals surface area contributed by atoms with Gasteiger partial charge in [-0.05, 0) is 66.0 Å². The van der Waals surface area contributed by atoms with Crippen LogP contribution in [0.2, 0.25) is 0 Å². The van der Waals surface area contributed by atoms with Crippen molar-refractivity contribution in [2.75, 3.05) is 5.32 Å². The summed E-state index contributed by atoms with van der Waals surface area (Å²) in [5.41, 5.74) is 3.71. The fourth-order valence-electron chi connectivity index (χ4n) is 1.84. The number of hydrogen-bond acceptors (Lipinski definition) is 2. The second-order valence-electron chi connectivity index (χ2n) is 4.39. The lowest BCUT2D eigenvalue weighted by molar-refractivity contribution is 1.18. The van der Waals surface area contributed by atoms with E-state index in [-0.39, 0.29) is 0 Å². The summed E-state index contributed by atoms with van der Waals surface area (Å²) in [6, 6.07) is 6.53. The fourth-order valence-corrected chi connectivity index (χ4v) is 3.61. The van der Waals surface area contributed by atoms with Crippen molar-refractivity contribution < 1.29 is 0 Å². The van der Waals surface area contributed by atoms with E-state index in [2.05, 4.69) is 76.1 Å². The highest BCUT2D eigenvalue weighted by molar-refractivity contribution is 9.10. The van der Waals surface area contributed by atoms with Gasteiger partial charge in [0.25, 0.3) is 0 Å². The zero-order chi connectivity index (χ0) is 13.3. The molecule has 1 aromatic heterocycles. The van der Waals surface area contributed by atoms with Gasteiger partial charge in [0.15, 0.2) is 0 Å². The molecule has 0 saturated carbocycles. The van der Waals surface area contributed by atoms with Crippen molar-refractivity contribution in [1.29, 1.82) is 0 Å². The second-order valence-corrected chi connectivity index (χ2v) is 7.38. The number of halogens is 2. The predicted molar refractivity (Wildman–Crippen MR) is 87.7 cm³/mol. The monoisotopic (exact) mass is 387 g/mol. The summed E-state index contributed by atoms with van der Waals surface area (Å²) < 4.78 is 2.40. The van der Waals surface area contributed by atoms with Crippen LogP contribution in [-0.4, -0.2) is 0 Å². The summed E-state index contributed by atoms with van der Waals surface area (Å²) >= 11 is 8.97. The minimum absolute atomic E-state index is 0.873. The lowest BCUT2D eigenvalue weighted by atomic mass is 10.1. The van der Waals surface area contributed by atoms with Gasteiger partial charge in [-0.25, -0.2) is 0 Å². The summed E-state index contributed by atoms with van der Waals surface area (Å²) in [5, 5.41) is 3.48. The summed E-state index contributed by atoms with van der Waals surface area (Å²) in [6.07, 6.45) is 0. The fraction of sp³-hybridized carbons (Fsp3) is 0.286. The molecule has 0 fully saturated rings. The Labute approximate surface area is 129 Å². The maximum Gasteiger partial charge on any atom is 0.0494 e. The molecule has 0 aliphatic carbocycles. The van der Waals surface area contributed by atoms with Crippen LogP contribution in [0.15, 0.2) is 27.1 Å². The molecule has 0 unspecified atom stereocenters. The molecule has 2 rings (SSSR count). The zero-order valence-electron chi connectivity index (χ0n) is 10.6. The number of rotatable bonds is 3. The van der Waals surface area contributed by atoms with Crippen molar-refractivity contribution in [2.24, 2.45) is 0 Å². The van der Waals surface area contributed by atoms with E-state index >= 15 is 0 Å². The summed E-state index contributed by atoms with van der Waals surface area (Å²) in [6.45, 7) is 7.24. The van der Waals surface area contributed by atoms with Crippen molar-refractivity contribution >= 4 is 48.9 Å². The van der Waals surface area contributed by atoms with Crippen LogP contribution in [0.3, 0.4) is 0 Å². The Morgan fingerprint density at radius 1 is 1.06 bits per heavy atom. The van der Waals surface area contributed by atoms with Gasteiger partial charge in [0.1, 0.15) is 0 Å². The molecule has 1 heterocycles. The second kappa shape index (κ2) is 5.76. The molecular formula is C14H15Br2NS. The third-order valence-electron chi connectivity index (χ3n) is 2.81. The first-order valence-corrected chi connectivity index (χ1v) is 8.13. The molecule has 1 N–H and O–H groups in total. The van der Waals surface area contributed by atoms with Crippen molar-refractivity contribution in [2.45, 2.75) is 27.3 Å². The van der Waals surface area contributed by atoms with Gasteiger partial charge in [0, 0.05) is 30.9 Å². The molecule has 96 valence electrons. The highest BCUT2D eigenvalue weighted by Crippen LogP contribution is 2.28. The smallest absolute Gasteiger partial charge is 0.0494 e. The Bertz CT molecular complexity index is 533. The largest absolute Gasteiger partial charge is 0.380 e. The number of anilines is 1. The molecule has 0 atom stereocenters. The Morgan fingerprint density at radius 3 is 2.17 bits per heavy atom. The first kappa shape index (κ1) is 14.1.